The van der Waals surface area contributed by atoms with E-state index in [-0.39, 0.29) is 11.9 Å². The average Bonchev–Trinajstić information content (AvgIpc) is 2.90. The molecule has 0 aliphatic heterocycles. The van der Waals surface area contributed by atoms with Crippen LogP contribution in [0.4, 0.5) is 0 Å². The van der Waals surface area contributed by atoms with E-state index in [1.54, 1.807) is 11.3 Å². The SMILES string of the molecule is CCCC(CCN)CCC(=O)N[C@@H](C)c1cccs1. The van der Waals surface area contributed by atoms with Crippen LogP contribution in [0.2, 0.25) is 0 Å². The lowest BCUT2D eigenvalue weighted by molar-refractivity contribution is -0.122. The molecule has 1 amide bonds. The summed E-state index contributed by atoms with van der Waals surface area (Å²) in [7, 11) is 0. The number of hydrogen-bond donors (Lipinski definition) is 2. The zero-order valence-electron chi connectivity index (χ0n) is 12.0. The fourth-order valence-corrected chi connectivity index (χ4v) is 3.07. The highest BCUT2D eigenvalue weighted by Crippen LogP contribution is 2.20. The van der Waals surface area contributed by atoms with Crippen molar-refractivity contribution in [3.63, 3.8) is 0 Å². The fraction of sp³-hybridized carbons (Fsp3) is 0.667. The van der Waals surface area contributed by atoms with Gasteiger partial charge in [0, 0.05) is 11.3 Å². The molecule has 0 aromatic carbocycles. The molecule has 0 spiro atoms. The lowest BCUT2D eigenvalue weighted by atomic mass is 9.94. The minimum Gasteiger partial charge on any atom is -0.349 e. The lowest BCUT2D eigenvalue weighted by Gasteiger charge is -2.16. The van der Waals surface area contributed by atoms with Gasteiger partial charge in [0.15, 0.2) is 0 Å². The van der Waals surface area contributed by atoms with Gasteiger partial charge in [0.1, 0.15) is 0 Å². The number of thiophene rings is 1. The van der Waals surface area contributed by atoms with Crippen molar-refractivity contribution in [2.45, 2.75) is 52.0 Å². The van der Waals surface area contributed by atoms with E-state index in [0.717, 1.165) is 25.8 Å². The molecule has 0 saturated heterocycles. The van der Waals surface area contributed by atoms with Crippen LogP contribution >= 0.6 is 11.3 Å². The normalized spacial score (nSPS) is 14.1. The second-order valence-electron chi connectivity index (χ2n) is 5.08. The molecule has 1 aromatic rings. The van der Waals surface area contributed by atoms with E-state index in [0.29, 0.717) is 12.3 Å². The topological polar surface area (TPSA) is 55.1 Å². The van der Waals surface area contributed by atoms with Gasteiger partial charge < -0.3 is 11.1 Å². The zero-order chi connectivity index (χ0) is 14.1. The van der Waals surface area contributed by atoms with Crippen molar-refractivity contribution in [3.05, 3.63) is 22.4 Å². The van der Waals surface area contributed by atoms with Crippen LogP contribution in [-0.4, -0.2) is 12.5 Å². The number of rotatable bonds is 9. The molecule has 19 heavy (non-hydrogen) atoms. The van der Waals surface area contributed by atoms with Crippen molar-refractivity contribution in [1.29, 1.82) is 0 Å². The second-order valence-corrected chi connectivity index (χ2v) is 6.05. The highest BCUT2D eigenvalue weighted by molar-refractivity contribution is 7.10. The Hall–Kier alpha value is -0.870. The van der Waals surface area contributed by atoms with E-state index in [4.69, 9.17) is 5.73 Å². The largest absolute Gasteiger partial charge is 0.349 e. The summed E-state index contributed by atoms with van der Waals surface area (Å²) in [5.74, 6) is 0.747. The minimum absolute atomic E-state index is 0.117. The number of hydrogen-bond acceptors (Lipinski definition) is 3. The first-order valence-electron chi connectivity index (χ1n) is 7.20. The van der Waals surface area contributed by atoms with Gasteiger partial charge in [-0.15, -0.1) is 11.3 Å². The molecule has 0 saturated carbocycles. The third-order valence-corrected chi connectivity index (χ3v) is 4.45. The standard InChI is InChI=1S/C15H26N2OS/c1-3-5-13(9-10-16)7-8-15(18)17-12(2)14-6-4-11-19-14/h4,6,11-13H,3,5,7-10,16H2,1-2H3,(H,17,18)/t12-,13?/m0/s1. The van der Waals surface area contributed by atoms with Crippen molar-refractivity contribution in [2.75, 3.05) is 6.54 Å². The zero-order valence-corrected chi connectivity index (χ0v) is 12.8. The van der Waals surface area contributed by atoms with Crippen molar-refractivity contribution in [1.82, 2.24) is 5.32 Å². The molecule has 0 bridgehead atoms. The van der Waals surface area contributed by atoms with E-state index in [9.17, 15) is 4.79 Å². The van der Waals surface area contributed by atoms with Crippen LogP contribution in [0, 0.1) is 5.92 Å². The molecule has 1 aromatic heterocycles. The molecule has 3 nitrogen and oxygen atoms in total. The first kappa shape index (κ1) is 16.2. The Balaban J connectivity index is 2.30. The predicted octanol–water partition coefficient (Wildman–Crippen LogP) is 3.47. The third kappa shape index (κ3) is 6.21. The number of carbonyl (C=O) groups is 1. The smallest absolute Gasteiger partial charge is 0.220 e. The summed E-state index contributed by atoms with van der Waals surface area (Å²) in [6.07, 6.45) is 4.93. The van der Waals surface area contributed by atoms with Gasteiger partial charge in [0.2, 0.25) is 5.91 Å². The number of carbonyl (C=O) groups excluding carboxylic acids is 1. The summed E-state index contributed by atoms with van der Waals surface area (Å²) in [5.41, 5.74) is 5.61. The Morgan fingerprint density at radius 3 is 2.79 bits per heavy atom. The average molecular weight is 282 g/mol. The summed E-state index contributed by atoms with van der Waals surface area (Å²) in [6, 6.07) is 4.19. The molecule has 1 unspecified atom stereocenters. The van der Waals surface area contributed by atoms with Gasteiger partial charge in [-0.2, -0.15) is 0 Å². The molecule has 1 heterocycles. The first-order chi connectivity index (χ1) is 9.17. The van der Waals surface area contributed by atoms with Crippen LogP contribution in [0.25, 0.3) is 0 Å². The number of nitrogens with one attached hydrogen (secondary N) is 1. The highest BCUT2D eigenvalue weighted by atomic mass is 32.1. The molecule has 3 N–H and O–H groups in total. The minimum atomic E-state index is 0.117. The Morgan fingerprint density at radius 1 is 1.42 bits per heavy atom. The summed E-state index contributed by atoms with van der Waals surface area (Å²) in [5, 5.41) is 5.10. The van der Waals surface area contributed by atoms with E-state index in [2.05, 4.69) is 18.3 Å². The molecular weight excluding hydrogens is 256 g/mol. The molecule has 0 fully saturated rings. The quantitative estimate of drug-likeness (QED) is 0.728. The Morgan fingerprint density at radius 2 is 2.21 bits per heavy atom. The Kier molecular flexibility index (Phi) is 7.75. The van der Waals surface area contributed by atoms with Crippen molar-refractivity contribution in [2.24, 2.45) is 11.7 Å². The summed E-state index contributed by atoms with van der Waals surface area (Å²) in [4.78, 5) is 13.1. The second kappa shape index (κ2) is 9.10. The van der Waals surface area contributed by atoms with Crippen LogP contribution in [0.1, 0.15) is 56.9 Å². The molecule has 0 radical (unpaired) electrons. The summed E-state index contributed by atoms with van der Waals surface area (Å²) < 4.78 is 0. The molecule has 4 heteroatoms. The fourth-order valence-electron chi connectivity index (χ4n) is 2.33. The van der Waals surface area contributed by atoms with Crippen LogP contribution < -0.4 is 11.1 Å². The maximum Gasteiger partial charge on any atom is 0.220 e. The van der Waals surface area contributed by atoms with E-state index >= 15 is 0 Å². The van der Waals surface area contributed by atoms with Gasteiger partial charge >= 0.3 is 0 Å². The maximum atomic E-state index is 11.9. The highest BCUT2D eigenvalue weighted by Gasteiger charge is 2.13. The van der Waals surface area contributed by atoms with Crippen molar-refractivity contribution < 1.29 is 4.79 Å². The van der Waals surface area contributed by atoms with Crippen molar-refractivity contribution >= 4 is 17.2 Å². The van der Waals surface area contributed by atoms with Crippen molar-refractivity contribution in [3.8, 4) is 0 Å². The number of nitrogens with two attached hydrogens (primary N) is 1. The van der Waals surface area contributed by atoms with Gasteiger partial charge in [-0.05, 0) is 43.7 Å². The van der Waals surface area contributed by atoms with Gasteiger partial charge in [0.25, 0.3) is 0 Å². The lowest BCUT2D eigenvalue weighted by Crippen LogP contribution is -2.26. The predicted molar refractivity (Wildman–Crippen MR) is 82.2 cm³/mol. The van der Waals surface area contributed by atoms with Gasteiger partial charge in [-0.25, -0.2) is 0 Å². The molecule has 2 atom stereocenters. The summed E-state index contributed by atoms with van der Waals surface area (Å²) in [6.45, 7) is 4.94. The first-order valence-corrected chi connectivity index (χ1v) is 8.08. The molecule has 1 rings (SSSR count). The molecule has 0 aliphatic carbocycles. The third-order valence-electron chi connectivity index (χ3n) is 3.40. The van der Waals surface area contributed by atoms with E-state index < -0.39 is 0 Å². The monoisotopic (exact) mass is 282 g/mol. The van der Waals surface area contributed by atoms with Gasteiger partial charge in [-0.3, -0.25) is 4.79 Å². The number of amides is 1. The van der Waals surface area contributed by atoms with Crippen LogP contribution in [-0.2, 0) is 4.79 Å². The molecular formula is C15H26N2OS. The van der Waals surface area contributed by atoms with Crippen LogP contribution in [0.3, 0.4) is 0 Å². The van der Waals surface area contributed by atoms with E-state index in [1.807, 2.05) is 18.4 Å². The maximum absolute atomic E-state index is 11.9. The van der Waals surface area contributed by atoms with Gasteiger partial charge in [0.05, 0.1) is 6.04 Å². The van der Waals surface area contributed by atoms with E-state index in [1.165, 1.54) is 11.3 Å². The Labute approximate surface area is 120 Å². The molecule has 0 aliphatic rings. The Bertz CT molecular complexity index is 345. The van der Waals surface area contributed by atoms with Crippen LogP contribution in [0.15, 0.2) is 17.5 Å². The van der Waals surface area contributed by atoms with Gasteiger partial charge in [-0.1, -0.05) is 25.8 Å². The van der Waals surface area contributed by atoms with Crippen LogP contribution in [0.5, 0.6) is 0 Å². The molecule has 108 valence electrons. The summed E-state index contributed by atoms with van der Waals surface area (Å²) >= 11 is 1.68.